The molecule has 2 aromatic rings. The number of carbonyl (C=O) groups excluding carboxylic acids is 1. The second kappa shape index (κ2) is 6.49. The number of ether oxygens (including phenoxy) is 1. The Kier molecular flexibility index (Phi) is 4.51. The summed E-state index contributed by atoms with van der Waals surface area (Å²) < 4.78 is 51.3. The van der Waals surface area contributed by atoms with E-state index < -0.39 is 23.7 Å². The quantitative estimate of drug-likeness (QED) is 0.686. The molecule has 146 valence electrons. The van der Waals surface area contributed by atoms with Crippen molar-refractivity contribution in [2.45, 2.75) is 44.0 Å². The molecule has 4 rings (SSSR count). The summed E-state index contributed by atoms with van der Waals surface area (Å²) in [6.45, 7) is 2.03. The Morgan fingerprint density at radius 2 is 2.22 bits per heavy atom. The fourth-order valence-corrected chi connectivity index (χ4v) is 5.39. The average molecular weight is 421 g/mol. The highest BCUT2D eigenvalue weighted by Gasteiger charge is 2.53. The highest BCUT2D eigenvalue weighted by Crippen LogP contribution is 2.51. The molecule has 2 aromatic heterocycles. The van der Waals surface area contributed by atoms with Crippen LogP contribution in [0, 0.1) is 6.92 Å². The summed E-state index contributed by atoms with van der Waals surface area (Å²) in [5.74, 6) is -1.65. The smallest absolute Gasteiger partial charge is 0.369 e. The Hall–Kier alpha value is -1.58. The molecule has 2 aliphatic rings. The number of thiophene rings is 1. The van der Waals surface area contributed by atoms with Gasteiger partial charge in [0.15, 0.2) is 5.76 Å². The van der Waals surface area contributed by atoms with Gasteiger partial charge in [0.25, 0.3) is 0 Å². The highest BCUT2D eigenvalue weighted by molar-refractivity contribution is 7.16. The minimum absolute atomic E-state index is 0.0995. The summed E-state index contributed by atoms with van der Waals surface area (Å²) in [5.41, 5.74) is 0.812. The highest BCUT2D eigenvalue weighted by atomic mass is 35.5. The van der Waals surface area contributed by atoms with Gasteiger partial charge in [0.1, 0.15) is 5.60 Å². The fourth-order valence-electron chi connectivity index (χ4n) is 3.91. The molecule has 0 radical (unpaired) electrons. The minimum Gasteiger partial charge on any atom is -0.369 e. The van der Waals surface area contributed by atoms with Gasteiger partial charge in [-0.1, -0.05) is 16.8 Å². The first-order valence-electron chi connectivity index (χ1n) is 8.43. The molecule has 1 amide bonds. The van der Waals surface area contributed by atoms with Gasteiger partial charge in [0.05, 0.1) is 22.7 Å². The van der Waals surface area contributed by atoms with Crippen molar-refractivity contribution in [1.82, 2.24) is 10.1 Å². The third-order valence-electron chi connectivity index (χ3n) is 5.08. The zero-order valence-corrected chi connectivity index (χ0v) is 15.9. The number of carbonyl (C=O) groups is 1. The number of hydrogen-bond acceptors (Lipinski definition) is 5. The second-order valence-electron chi connectivity index (χ2n) is 6.83. The second-order valence-corrected chi connectivity index (χ2v) is 8.52. The molecule has 1 fully saturated rings. The summed E-state index contributed by atoms with van der Waals surface area (Å²) in [6, 6.07) is 2.53. The van der Waals surface area contributed by atoms with Gasteiger partial charge in [0.2, 0.25) is 0 Å². The van der Waals surface area contributed by atoms with Crippen LogP contribution in [0.4, 0.5) is 13.2 Å². The number of aromatic nitrogens is 1. The molecule has 2 aliphatic heterocycles. The van der Waals surface area contributed by atoms with Gasteiger partial charge in [-0.3, -0.25) is 4.79 Å². The van der Waals surface area contributed by atoms with E-state index in [0.717, 1.165) is 15.3 Å². The summed E-state index contributed by atoms with van der Waals surface area (Å²) >= 11 is 7.55. The van der Waals surface area contributed by atoms with Gasteiger partial charge in [0, 0.05) is 23.9 Å². The monoisotopic (exact) mass is 420 g/mol. The van der Waals surface area contributed by atoms with E-state index >= 15 is 0 Å². The van der Waals surface area contributed by atoms with Gasteiger partial charge in [-0.25, -0.2) is 0 Å². The predicted molar refractivity (Wildman–Crippen MR) is 91.6 cm³/mol. The molecule has 2 atom stereocenters. The Morgan fingerprint density at radius 1 is 1.44 bits per heavy atom. The van der Waals surface area contributed by atoms with Crippen molar-refractivity contribution in [3.05, 3.63) is 38.4 Å². The fraction of sp³-hybridized carbons (Fsp3) is 0.529. The maximum absolute atomic E-state index is 13.1. The molecule has 1 spiro atoms. The Balaban J connectivity index is 1.74. The van der Waals surface area contributed by atoms with Crippen LogP contribution in [0.15, 0.2) is 16.7 Å². The molecular weight excluding hydrogens is 405 g/mol. The number of amides is 1. The van der Waals surface area contributed by atoms with Crippen LogP contribution < -0.4 is 0 Å². The van der Waals surface area contributed by atoms with Gasteiger partial charge in [-0.2, -0.15) is 13.2 Å². The summed E-state index contributed by atoms with van der Waals surface area (Å²) in [7, 11) is 0. The number of rotatable bonds is 1. The standard InChI is InChI=1S/C17H16ClF3N2O3S/c1-9-6-12(26-22-9)11-8-16(3-4-23(11)15(24)17(19,20)21)14-10(2-5-25-16)7-13(18)27-14/h6-7,11H,2-5,8H2,1H3/t11-,16-/m0/s1. The molecule has 4 heterocycles. The van der Waals surface area contributed by atoms with E-state index in [9.17, 15) is 18.0 Å². The number of hydrogen-bond donors (Lipinski definition) is 0. The van der Waals surface area contributed by atoms with Crippen LogP contribution in [0.1, 0.15) is 40.8 Å². The van der Waals surface area contributed by atoms with E-state index in [1.165, 1.54) is 11.3 Å². The lowest BCUT2D eigenvalue weighted by molar-refractivity contribution is -0.196. The SMILES string of the molecule is Cc1cc([C@@H]2C[C@]3(CCN2C(=O)C(F)(F)F)OCCc2cc(Cl)sc23)on1. The van der Waals surface area contributed by atoms with Crippen LogP contribution in [0.2, 0.25) is 4.34 Å². The molecule has 0 saturated carbocycles. The summed E-state index contributed by atoms with van der Waals surface area (Å²) in [5, 5.41) is 3.78. The third kappa shape index (κ3) is 3.25. The molecule has 0 unspecified atom stereocenters. The number of aryl methyl sites for hydroxylation is 1. The minimum atomic E-state index is -4.96. The van der Waals surface area contributed by atoms with Crippen LogP contribution in [0.3, 0.4) is 0 Å². The van der Waals surface area contributed by atoms with Crippen molar-refractivity contribution < 1.29 is 27.2 Å². The van der Waals surface area contributed by atoms with Gasteiger partial charge in [-0.05, 0) is 31.4 Å². The van der Waals surface area contributed by atoms with Crippen LogP contribution in [-0.4, -0.2) is 35.3 Å². The first kappa shape index (κ1) is 18.8. The molecule has 0 aliphatic carbocycles. The van der Waals surface area contributed by atoms with Crippen molar-refractivity contribution in [3.8, 4) is 0 Å². The molecule has 10 heteroatoms. The lowest BCUT2D eigenvalue weighted by atomic mass is 9.81. The molecule has 0 N–H and O–H groups in total. The zero-order valence-electron chi connectivity index (χ0n) is 14.3. The molecule has 0 aromatic carbocycles. The van der Waals surface area contributed by atoms with Crippen LogP contribution in [-0.2, 0) is 21.6 Å². The van der Waals surface area contributed by atoms with Crippen molar-refractivity contribution in [3.63, 3.8) is 0 Å². The average Bonchev–Trinajstić information content (AvgIpc) is 3.19. The van der Waals surface area contributed by atoms with Crippen LogP contribution >= 0.6 is 22.9 Å². The van der Waals surface area contributed by atoms with E-state index in [0.29, 0.717) is 23.1 Å². The van der Waals surface area contributed by atoms with E-state index in [2.05, 4.69) is 5.16 Å². The largest absolute Gasteiger partial charge is 0.471 e. The Morgan fingerprint density at radius 3 is 2.89 bits per heavy atom. The van der Waals surface area contributed by atoms with Gasteiger partial charge in [-0.15, -0.1) is 11.3 Å². The van der Waals surface area contributed by atoms with Crippen LogP contribution in [0.25, 0.3) is 0 Å². The Labute approximate surface area is 162 Å². The maximum Gasteiger partial charge on any atom is 0.471 e. The lowest BCUT2D eigenvalue weighted by Crippen LogP contribution is -2.52. The molecule has 0 bridgehead atoms. The van der Waals surface area contributed by atoms with Gasteiger partial charge >= 0.3 is 12.1 Å². The van der Waals surface area contributed by atoms with E-state index in [4.69, 9.17) is 20.9 Å². The third-order valence-corrected chi connectivity index (χ3v) is 6.57. The van der Waals surface area contributed by atoms with Crippen molar-refractivity contribution in [1.29, 1.82) is 0 Å². The van der Waals surface area contributed by atoms with E-state index in [-0.39, 0.29) is 25.1 Å². The molecular formula is C17H16ClF3N2O3S. The lowest BCUT2D eigenvalue weighted by Gasteiger charge is -2.47. The topological polar surface area (TPSA) is 55.6 Å². The normalized spacial score (nSPS) is 25.7. The maximum atomic E-state index is 13.1. The molecule has 27 heavy (non-hydrogen) atoms. The van der Waals surface area contributed by atoms with Crippen molar-refractivity contribution in [2.75, 3.05) is 13.2 Å². The summed E-state index contributed by atoms with van der Waals surface area (Å²) in [4.78, 5) is 13.8. The van der Waals surface area contributed by atoms with Gasteiger partial charge < -0.3 is 14.2 Å². The summed E-state index contributed by atoms with van der Waals surface area (Å²) in [6.07, 6.45) is -3.82. The Bertz CT molecular complexity index is 881. The first-order valence-corrected chi connectivity index (χ1v) is 9.63. The van der Waals surface area contributed by atoms with Crippen LogP contribution in [0.5, 0.6) is 0 Å². The number of piperidine rings is 1. The molecule has 1 saturated heterocycles. The number of halogens is 4. The number of fused-ring (bicyclic) bond motifs is 2. The predicted octanol–water partition coefficient (Wildman–Crippen LogP) is 4.39. The zero-order chi connectivity index (χ0) is 19.4. The van der Waals surface area contributed by atoms with E-state index in [1.54, 1.807) is 13.0 Å². The first-order chi connectivity index (χ1) is 12.7. The number of alkyl halides is 3. The molecule has 5 nitrogen and oxygen atoms in total. The number of nitrogens with zero attached hydrogens (tertiary/aromatic N) is 2. The van der Waals surface area contributed by atoms with E-state index in [1.807, 2.05) is 6.07 Å². The van der Waals surface area contributed by atoms with Crippen molar-refractivity contribution in [2.24, 2.45) is 0 Å². The number of likely N-dealkylation sites (tertiary alicyclic amines) is 1. The van der Waals surface area contributed by atoms with Crippen molar-refractivity contribution >= 4 is 28.8 Å².